The molecule has 1 aromatic heterocycles. The third kappa shape index (κ3) is 2.67. The van der Waals surface area contributed by atoms with Crippen LogP contribution in [0, 0.1) is 10.1 Å². The highest BCUT2D eigenvalue weighted by molar-refractivity contribution is 5.59. The van der Waals surface area contributed by atoms with E-state index in [4.69, 9.17) is 10.5 Å². The third-order valence-corrected chi connectivity index (χ3v) is 2.98. The fraction of sp³-hybridized carbons (Fsp3) is 0.545. The summed E-state index contributed by atoms with van der Waals surface area (Å²) in [7, 11) is 0. The van der Waals surface area contributed by atoms with Crippen molar-refractivity contribution in [2.75, 3.05) is 17.7 Å². The van der Waals surface area contributed by atoms with Crippen molar-refractivity contribution in [3.63, 3.8) is 0 Å². The van der Waals surface area contributed by atoms with Gasteiger partial charge in [0, 0.05) is 12.7 Å². The van der Waals surface area contributed by atoms with Gasteiger partial charge in [-0.1, -0.05) is 0 Å². The first-order valence-electron chi connectivity index (χ1n) is 5.87. The molecule has 0 spiro atoms. The SMILES string of the molecule is CC(Nc1nc(N)ccc1[N+](=O)[O-])C1CCCO1. The number of pyridine rings is 1. The average molecular weight is 252 g/mol. The van der Waals surface area contributed by atoms with Gasteiger partial charge in [0.25, 0.3) is 0 Å². The van der Waals surface area contributed by atoms with E-state index in [0.29, 0.717) is 0 Å². The van der Waals surface area contributed by atoms with Gasteiger partial charge >= 0.3 is 5.69 Å². The molecular formula is C11H16N4O3. The lowest BCUT2D eigenvalue weighted by atomic mass is 10.1. The summed E-state index contributed by atoms with van der Waals surface area (Å²) in [6, 6.07) is 2.73. The fourth-order valence-corrected chi connectivity index (χ4v) is 2.03. The summed E-state index contributed by atoms with van der Waals surface area (Å²) >= 11 is 0. The third-order valence-electron chi connectivity index (χ3n) is 2.98. The quantitative estimate of drug-likeness (QED) is 0.622. The van der Waals surface area contributed by atoms with Crippen LogP contribution in [0.15, 0.2) is 12.1 Å². The molecular weight excluding hydrogens is 236 g/mol. The van der Waals surface area contributed by atoms with Crippen molar-refractivity contribution < 1.29 is 9.66 Å². The Bertz CT molecular complexity index is 446. The Balaban J connectivity index is 2.16. The van der Waals surface area contributed by atoms with Gasteiger partial charge in [-0.25, -0.2) is 4.98 Å². The highest BCUT2D eigenvalue weighted by Gasteiger charge is 2.25. The predicted octanol–water partition coefficient (Wildman–Crippen LogP) is 1.55. The first-order valence-corrected chi connectivity index (χ1v) is 5.87. The van der Waals surface area contributed by atoms with E-state index >= 15 is 0 Å². The van der Waals surface area contributed by atoms with Crippen LogP contribution in [0.3, 0.4) is 0 Å². The summed E-state index contributed by atoms with van der Waals surface area (Å²) in [4.78, 5) is 14.4. The molecule has 18 heavy (non-hydrogen) atoms. The average Bonchev–Trinajstić information content (AvgIpc) is 2.81. The number of aromatic nitrogens is 1. The van der Waals surface area contributed by atoms with Gasteiger partial charge in [0.1, 0.15) is 5.82 Å². The molecule has 2 unspecified atom stereocenters. The molecule has 1 aromatic rings. The topological polar surface area (TPSA) is 103 Å². The zero-order valence-electron chi connectivity index (χ0n) is 10.1. The van der Waals surface area contributed by atoms with Crippen LogP contribution in [0.1, 0.15) is 19.8 Å². The first kappa shape index (κ1) is 12.6. The molecule has 0 aliphatic carbocycles. The molecule has 98 valence electrons. The molecule has 2 rings (SSSR count). The second-order valence-corrected chi connectivity index (χ2v) is 4.35. The number of rotatable bonds is 4. The molecule has 0 amide bonds. The molecule has 3 N–H and O–H groups in total. The van der Waals surface area contributed by atoms with Gasteiger partial charge < -0.3 is 15.8 Å². The van der Waals surface area contributed by atoms with Gasteiger partial charge in [-0.15, -0.1) is 0 Å². The lowest BCUT2D eigenvalue weighted by Crippen LogP contribution is -2.30. The Hall–Kier alpha value is -1.89. The molecule has 0 bridgehead atoms. The van der Waals surface area contributed by atoms with Crippen molar-refractivity contribution in [3.8, 4) is 0 Å². The molecule has 2 atom stereocenters. The Morgan fingerprint density at radius 2 is 2.44 bits per heavy atom. The molecule has 0 aromatic carbocycles. The van der Waals surface area contributed by atoms with E-state index in [1.807, 2.05) is 6.92 Å². The molecule has 0 radical (unpaired) electrons. The second kappa shape index (κ2) is 5.18. The monoisotopic (exact) mass is 252 g/mol. The number of nitro groups is 1. The summed E-state index contributed by atoms with van der Waals surface area (Å²) in [5.41, 5.74) is 5.48. The van der Waals surface area contributed by atoms with Crippen molar-refractivity contribution in [2.24, 2.45) is 0 Å². The Morgan fingerprint density at radius 3 is 3.06 bits per heavy atom. The summed E-state index contributed by atoms with van der Waals surface area (Å²) < 4.78 is 5.53. The van der Waals surface area contributed by atoms with Crippen LogP contribution in [-0.2, 0) is 4.74 Å². The van der Waals surface area contributed by atoms with E-state index in [-0.39, 0.29) is 29.5 Å². The summed E-state index contributed by atoms with van der Waals surface area (Å²) in [5.74, 6) is 0.450. The molecule has 1 aliphatic heterocycles. The van der Waals surface area contributed by atoms with Crippen LogP contribution >= 0.6 is 0 Å². The van der Waals surface area contributed by atoms with E-state index in [1.165, 1.54) is 12.1 Å². The highest BCUT2D eigenvalue weighted by atomic mass is 16.6. The van der Waals surface area contributed by atoms with E-state index in [1.54, 1.807) is 0 Å². The summed E-state index contributed by atoms with van der Waals surface area (Å²) in [5, 5.41) is 13.9. The number of hydrogen-bond acceptors (Lipinski definition) is 6. The van der Waals surface area contributed by atoms with Crippen molar-refractivity contribution in [1.29, 1.82) is 0 Å². The molecule has 2 heterocycles. The van der Waals surface area contributed by atoms with Gasteiger partial charge in [0.15, 0.2) is 0 Å². The van der Waals surface area contributed by atoms with Crippen LogP contribution < -0.4 is 11.1 Å². The molecule has 1 saturated heterocycles. The number of nitrogens with two attached hydrogens (primary N) is 1. The summed E-state index contributed by atoms with van der Waals surface area (Å²) in [6.07, 6.45) is 2.03. The van der Waals surface area contributed by atoms with Crippen LogP contribution in [-0.4, -0.2) is 28.7 Å². The van der Waals surface area contributed by atoms with Crippen LogP contribution in [0.2, 0.25) is 0 Å². The van der Waals surface area contributed by atoms with Crippen molar-refractivity contribution >= 4 is 17.3 Å². The minimum absolute atomic E-state index is 0.0412. The smallest absolute Gasteiger partial charge is 0.311 e. The van der Waals surface area contributed by atoms with Gasteiger partial charge in [-0.2, -0.15) is 0 Å². The summed E-state index contributed by atoms with van der Waals surface area (Å²) in [6.45, 7) is 2.66. The van der Waals surface area contributed by atoms with E-state index in [0.717, 1.165) is 19.4 Å². The molecule has 7 heteroatoms. The minimum Gasteiger partial charge on any atom is -0.384 e. The standard InChI is InChI=1S/C11H16N4O3/c1-7(9-3-2-6-18-9)13-11-8(15(16)17)4-5-10(12)14-11/h4-5,7,9H,2-3,6H2,1H3,(H3,12,13,14). The van der Waals surface area contributed by atoms with Crippen LogP contribution in [0.4, 0.5) is 17.3 Å². The van der Waals surface area contributed by atoms with Crippen molar-refractivity contribution in [1.82, 2.24) is 4.98 Å². The fourth-order valence-electron chi connectivity index (χ4n) is 2.03. The van der Waals surface area contributed by atoms with Crippen LogP contribution in [0.25, 0.3) is 0 Å². The van der Waals surface area contributed by atoms with Gasteiger partial charge in [0.2, 0.25) is 5.82 Å². The number of nitrogens with one attached hydrogen (secondary N) is 1. The van der Waals surface area contributed by atoms with E-state index in [9.17, 15) is 10.1 Å². The van der Waals surface area contributed by atoms with E-state index in [2.05, 4.69) is 10.3 Å². The number of ether oxygens (including phenoxy) is 1. The molecule has 1 aliphatic rings. The molecule has 7 nitrogen and oxygen atoms in total. The zero-order valence-corrected chi connectivity index (χ0v) is 10.1. The van der Waals surface area contributed by atoms with Gasteiger partial charge in [0.05, 0.1) is 17.1 Å². The highest BCUT2D eigenvalue weighted by Crippen LogP contribution is 2.25. The van der Waals surface area contributed by atoms with Gasteiger partial charge in [-0.3, -0.25) is 10.1 Å². The Labute approximate surface area is 104 Å². The van der Waals surface area contributed by atoms with Gasteiger partial charge in [-0.05, 0) is 25.8 Å². The number of nitrogen functional groups attached to an aromatic ring is 1. The normalized spacial score (nSPS) is 20.6. The lowest BCUT2D eigenvalue weighted by molar-refractivity contribution is -0.384. The van der Waals surface area contributed by atoms with E-state index < -0.39 is 4.92 Å². The molecule has 1 fully saturated rings. The number of anilines is 2. The maximum atomic E-state index is 10.9. The first-order chi connectivity index (χ1) is 8.58. The largest absolute Gasteiger partial charge is 0.384 e. The maximum absolute atomic E-state index is 10.9. The van der Waals surface area contributed by atoms with Crippen molar-refractivity contribution in [3.05, 3.63) is 22.2 Å². The predicted molar refractivity (Wildman–Crippen MR) is 67.4 cm³/mol. The van der Waals surface area contributed by atoms with Crippen molar-refractivity contribution in [2.45, 2.75) is 31.9 Å². The maximum Gasteiger partial charge on any atom is 0.311 e. The Morgan fingerprint density at radius 1 is 1.67 bits per heavy atom. The minimum atomic E-state index is -0.475. The zero-order chi connectivity index (χ0) is 13.1. The number of nitrogens with zero attached hydrogens (tertiary/aromatic N) is 2. The van der Waals surface area contributed by atoms with Crippen LogP contribution in [0.5, 0.6) is 0 Å². The number of hydrogen-bond donors (Lipinski definition) is 2. The Kier molecular flexibility index (Phi) is 3.61. The molecule has 0 saturated carbocycles. The second-order valence-electron chi connectivity index (χ2n) is 4.35. The lowest BCUT2D eigenvalue weighted by Gasteiger charge is -2.20.